The van der Waals surface area contributed by atoms with E-state index in [0.29, 0.717) is 0 Å². The molecule has 2 nitrogen and oxygen atoms in total. The minimum absolute atomic E-state index is 0.270. The molecule has 0 bridgehead atoms. The number of halogens is 1. The second-order valence-electron chi connectivity index (χ2n) is 2.12. The lowest BCUT2D eigenvalue weighted by atomic mass is 10.2. The molecule has 1 unspecified atom stereocenters. The van der Waals surface area contributed by atoms with Crippen molar-refractivity contribution in [2.24, 2.45) is 0 Å². The second kappa shape index (κ2) is 3.27. The van der Waals surface area contributed by atoms with E-state index in [-0.39, 0.29) is 6.04 Å². The van der Waals surface area contributed by atoms with Crippen LogP contribution in [0, 0.1) is 0 Å². The zero-order valence-electron chi connectivity index (χ0n) is 5.71. The molecule has 1 heterocycles. The smallest absolute Gasteiger partial charge is 0.0608 e. The zero-order valence-corrected chi connectivity index (χ0v) is 5.71. The summed E-state index contributed by atoms with van der Waals surface area (Å²) in [5.74, 6) is 0. The van der Waals surface area contributed by atoms with E-state index >= 15 is 0 Å². The first kappa shape index (κ1) is 7.15. The van der Waals surface area contributed by atoms with Gasteiger partial charge in [0.15, 0.2) is 0 Å². The van der Waals surface area contributed by atoms with Gasteiger partial charge >= 0.3 is 0 Å². The Balaban J connectivity index is 2.75. The van der Waals surface area contributed by atoms with Gasteiger partial charge in [-0.15, -0.1) is 4.48 Å². The summed E-state index contributed by atoms with van der Waals surface area (Å²) >= 11 is 0. The maximum Gasteiger partial charge on any atom is 0.0608 e. The number of nitrogens with one attached hydrogen (secondary N) is 1. The monoisotopic (exact) mass is 140 g/mol. The predicted octanol–water partition coefficient (Wildman–Crippen LogP) is 1.62. The molecule has 10 heavy (non-hydrogen) atoms. The second-order valence-corrected chi connectivity index (χ2v) is 2.12. The van der Waals surface area contributed by atoms with Gasteiger partial charge < -0.3 is 0 Å². The molecule has 1 atom stereocenters. The fourth-order valence-electron chi connectivity index (χ4n) is 0.695. The van der Waals surface area contributed by atoms with Gasteiger partial charge in [-0.3, -0.25) is 4.98 Å². The van der Waals surface area contributed by atoms with Crippen LogP contribution in [0.4, 0.5) is 4.48 Å². The fourth-order valence-corrected chi connectivity index (χ4v) is 0.695. The number of rotatable bonds is 2. The quantitative estimate of drug-likeness (QED) is 0.631. The molecule has 3 heteroatoms. The maximum atomic E-state index is 11.8. The molecule has 0 saturated heterocycles. The van der Waals surface area contributed by atoms with E-state index in [9.17, 15) is 4.48 Å². The number of hydrogen-bond acceptors (Lipinski definition) is 2. The van der Waals surface area contributed by atoms with Crippen molar-refractivity contribution in [3.63, 3.8) is 0 Å². The first-order valence-electron chi connectivity index (χ1n) is 3.10. The van der Waals surface area contributed by atoms with Crippen molar-refractivity contribution in [3.05, 3.63) is 30.1 Å². The van der Waals surface area contributed by atoms with Crippen molar-refractivity contribution >= 4 is 0 Å². The largest absolute Gasteiger partial charge is 0.264 e. The Morgan fingerprint density at radius 2 is 2.50 bits per heavy atom. The lowest BCUT2D eigenvalue weighted by Crippen LogP contribution is -2.07. The van der Waals surface area contributed by atoms with E-state index in [2.05, 4.69) is 4.98 Å². The van der Waals surface area contributed by atoms with Crippen LogP contribution in [0.3, 0.4) is 0 Å². The first-order valence-corrected chi connectivity index (χ1v) is 3.10. The molecule has 1 rings (SSSR count). The van der Waals surface area contributed by atoms with Gasteiger partial charge in [-0.1, -0.05) is 6.07 Å². The van der Waals surface area contributed by atoms with Gasteiger partial charge in [-0.05, 0) is 18.6 Å². The Morgan fingerprint density at radius 3 is 3.00 bits per heavy atom. The van der Waals surface area contributed by atoms with Crippen LogP contribution >= 0.6 is 0 Å². The SMILES string of the molecule is CC(NF)c1cccnc1. The van der Waals surface area contributed by atoms with Crippen LogP contribution < -0.4 is 5.54 Å². The van der Waals surface area contributed by atoms with Crippen molar-refractivity contribution in [1.29, 1.82) is 0 Å². The molecule has 0 aliphatic heterocycles. The van der Waals surface area contributed by atoms with Gasteiger partial charge in [0.2, 0.25) is 0 Å². The van der Waals surface area contributed by atoms with E-state index in [0.717, 1.165) is 5.56 Å². The van der Waals surface area contributed by atoms with Gasteiger partial charge in [-0.2, -0.15) is 5.54 Å². The zero-order chi connectivity index (χ0) is 7.40. The molecule has 0 aliphatic carbocycles. The maximum absolute atomic E-state index is 11.8. The molecule has 0 saturated carbocycles. The molecule has 1 aromatic heterocycles. The normalized spacial score (nSPS) is 13.0. The Hall–Kier alpha value is -0.960. The van der Waals surface area contributed by atoms with Crippen LogP contribution in [0.2, 0.25) is 0 Å². The first-order chi connectivity index (χ1) is 4.84. The van der Waals surface area contributed by atoms with E-state index in [4.69, 9.17) is 0 Å². The highest BCUT2D eigenvalue weighted by molar-refractivity contribution is 5.11. The fraction of sp³-hybridized carbons (Fsp3) is 0.286. The highest BCUT2D eigenvalue weighted by Gasteiger charge is 2.01. The summed E-state index contributed by atoms with van der Waals surface area (Å²) in [6.07, 6.45) is 3.30. The minimum Gasteiger partial charge on any atom is -0.264 e. The minimum atomic E-state index is -0.270. The molecule has 0 amide bonds. The summed E-state index contributed by atoms with van der Waals surface area (Å²) in [5, 5.41) is 0. The molecule has 0 radical (unpaired) electrons. The lowest BCUT2D eigenvalue weighted by Gasteiger charge is -2.04. The third-order valence-corrected chi connectivity index (χ3v) is 1.35. The summed E-state index contributed by atoms with van der Waals surface area (Å²) in [6, 6.07) is 3.33. The molecular formula is C7H9FN2. The van der Waals surface area contributed by atoms with Crippen LogP contribution in [0.5, 0.6) is 0 Å². The predicted molar refractivity (Wildman–Crippen MR) is 36.9 cm³/mol. The van der Waals surface area contributed by atoms with Crippen molar-refractivity contribution in [2.45, 2.75) is 13.0 Å². The summed E-state index contributed by atoms with van der Waals surface area (Å²) in [5.41, 5.74) is 2.49. The van der Waals surface area contributed by atoms with Crippen molar-refractivity contribution < 1.29 is 4.48 Å². The third kappa shape index (κ3) is 1.51. The topological polar surface area (TPSA) is 24.9 Å². The average molecular weight is 140 g/mol. The summed E-state index contributed by atoms with van der Waals surface area (Å²) in [7, 11) is 0. The highest BCUT2D eigenvalue weighted by Crippen LogP contribution is 2.08. The van der Waals surface area contributed by atoms with Gasteiger partial charge in [0.05, 0.1) is 6.04 Å². The molecule has 0 aliphatic rings. The van der Waals surface area contributed by atoms with Gasteiger partial charge in [-0.25, -0.2) is 0 Å². The molecule has 1 N–H and O–H groups in total. The van der Waals surface area contributed by atoms with Crippen LogP contribution in [0.15, 0.2) is 24.5 Å². The molecule has 0 aromatic carbocycles. The van der Waals surface area contributed by atoms with Gasteiger partial charge in [0.25, 0.3) is 0 Å². The highest BCUT2D eigenvalue weighted by atomic mass is 19.2. The van der Waals surface area contributed by atoms with Crippen LogP contribution in [0.1, 0.15) is 18.5 Å². The Kier molecular flexibility index (Phi) is 2.34. The van der Waals surface area contributed by atoms with Crippen molar-refractivity contribution in [3.8, 4) is 0 Å². The number of pyridine rings is 1. The number of hydrogen-bond donors (Lipinski definition) is 1. The molecule has 0 fully saturated rings. The van der Waals surface area contributed by atoms with Gasteiger partial charge in [0, 0.05) is 12.4 Å². The van der Waals surface area contributed by atoms with Gasteiger partial charge in [0.1, 0.15) is 0 Å². The average Bonchev–Trinajstić information content (AvgIpc) is 2.05. The number of nitrogens with zero attached hydrogens (tertiary/aromatic N) is 1. The Morgan fingerprint density at radius 1 is 1.70 bits per heavy atom. The number of aromatic nitrogens is 1. The summed E-state index contributed by atoms with van der Waals surface area (Å²) in [4.78, 5) is 3.85. The van der Waals surface area contributed by atoms with Crippen LogP contribution in [0.25, 0.3) is 0 Å². The molecule has 1 aromatic rings. The molecular weight excluding hydrogens is 131 g/mol. The Bertz CT molecular complexity index is 188. The van der Waals surface area contributed by atoms with Crippen molar-refractivity contribution in [2.75, 3.05) is 0 Å². The van der Waals surface area contributed by atoms with E-state index in [1.807, 2.05) is 6.07 Å². The molecule has 0 spiro atoms. The Labute approximate surface area is 59.0 Å². The summed E-state index contributed by atoms with van der Waals surface area (Å²) < 4.78 is 11.8. The molecule has 54 valence electrons. The lowest BCUT2D eigenvalue weighted by molar-refractivity contribution is 0.285. The van der Waals surface area contributed by atoms with Crippen LogP contribution in [-0.4, -0.2) is 4.98 Å². The van der Waals surface area contributed by atoms with Crippen molar-refractivity contribution in [1.82, 2.24) is 10.5 Å². The van der Waals surface area contributed by atoms with E-state index in [1.54, 1.807) is 30.9 Å². The third-order valence-electron chi connectivity index (χ3n) is 1.35. The summed E-state index contributed by atoms with van der Waals surface area (Å²) in [6.45, 7) is 1.73. The van der Waals surface area contributed by atoms with Crippen LogP contribution in [-0.2, 0) is 0 Å². The van der Waals surface area contributed by atoms with E-state index < -0.39 is 0 Å². The standard InChI is InChI=1S/C7H9FN2/c1-6(10-8)7-3-2-4-9-5-7/h2-6,10H,1H3. The van der Waals surface area contributed by atoms with E-state index in [1.165, 1.54) is 0 Å².